The summed E-state index contributed by atoms with van der Waals surface area (Å²) in [5.74, 6) is 0.666. The topological polar surface area (TPSA) is 26.0 Å². The van der Waals surface area contributed by atoms with Crippen LogP contribution in [0.5, 0.6) is 0 Å². The van der Waals surface area contributed by atoms with E-state index >= 15 is 0 Å². The third-order valence-corrected chi connectivity index (χ3v) is 4.06. The van der Waals surface area contributed by atoms with Gasteiger partial charge in [-0.05, 0) is 29.8 Å². The molecule has 0 amide bonds. The van der Waals surface area contributed by atoms with Crippen LogP contribution in [0, 0.1) is 0 Å². The molecular formula is C14H8BrCl2NO. The lowest BCUT2D eigenvalue weighted by Crippen LogP contribution is -1.81. The van der Waals surface area contributed by atoms with E-state index in [1.165, 1.54) is 0 Å². The van der Waals surface area contributed by atoms with Crippen molar-refractivity contribution in [1.29, 1.82) is 0 Å². The first kappa shape index (κ1) is 13.0. The van der Waals surface area contributed by atoms with E-state index < -0.39 is 0 Å². The van der Waals surface area contributed by atoms with Crippen molar-refractivity contribution < 1.29 is 4.52 Å². The minimum Gasteiger partial charge on any atom is -0.355 e. The van der Waals surface area contributed by atoms with E-state index in [9.17, 15) is 0 Å². The van der Waals surface area contributed by atoms with Gasteiger partial charge >= 0.3 is 0 Å². The Kier molecular flexibility index (Phi) is 3.52. The van der Waals surface area contributed by atoms with E-state index in [-0.39, 0.29) is 0 Å². The molecule has 0 aliphatic rings. The van der Waals surface area contributed by atoms with Crippen LogP contribution >= 0.6 is 39.1 Å². The summed E-state index contributed by atoms with van der Waals surface area (Å²) >= 11 is 15.6. The smallest absolute Gasteiger partial charge is 0.176 e. The van der Waals surface area contributed by atoms with Gasteiger partial charge in [0.05, 0.1) is 10.4 Å². The van der Waals surface area contributed by atoms with Crippen molar-refractivity contribution in [2.75, 3.05) is 0 Å². The number of alkyl halides is 1. The van der Waals surface area contributed by atoms with Gasteiger partial charge in [-0.25, -0.2) is 0 Å². The molecule has 0 saturated heterocycles. The fourth-order valence-electron chi connectivity index (χ4n) is 2.00. The van der Waals surface area contributed by atoms with Gasteiger partial charge in [0.2, 0.25) is 0 Å². The molecule has 0 radical (unpaired) electrons. The van der Waals surface area contributed by atoms with Crippen molar-refractivity contribution in [2.45, 2.75) is 5.33 Å². The molecule has 1 heterocycles. The largest absolute Gasteiger partial charge is 0.355 e. The Morgan fingerprint density at radius 3 is 2.74 bits per heavy atom. The summed E-state index contributed by atoms with van der Waals surface area (Å²) in [6, 6.07) is 11.3. The normalized spacial score (nSPS) is 11.1. The molecule has 1 aromatic heterocycles. The number of fused-ring (bicyclic) bond motifs is 1. The van der Waals surface area contributed by atoms with Gasteiger partial charge in [-0.1, -0.05) is 56.4 Å². The van der Waals surface area contributed by atoms with Gasteiger partial charge in [0.25, 0.3) is 0 Å². The maximum Gasteiger partial charge on any atom is 0.176 e. The second kappa shape index (κ2) is 5.16. The number of nitrogens with zero attached hydrogens (tertiary/aromatic N) is 1. The first-order valence-corrected chi connectivity index (χ1v) is 7.47. The number of halogens is 3. The highest BCUT2D eigenvalue weighted by Crippen LogP contribution is 2.36. The number of hydrogen-bond donors (Lipinski definition) is 0. The van der Waals surface area contributed by atoms with Crippen molar-refractivity contribution in [1.82, 2.24) is 5.16 Å². The summed E-state index contributed by atoms with van der Waals surface area (Å²) in [5, 5.41) is 6.95. The summed E-state index contributed by atoms with van der Waals surface area (Å²) in [6.45, 7) is 0. The lowest BCUT2D eigenvalue weighted by molar-refractivity contribution is 0.440. The lowest BCUT2D eigenvalue weighted by atomic mass is 10.1. The van der Waals surface area contributed by atoms with Gasteiger partial charge in [-0.2, -0.15) is 0 Å². The molecule has 0 N–H and O–H groups in total. The average molecular weight is 357 g/mol. The van der Waals surface area contributed by atoms with Gasteiger partial charge in [0.1, 0.15) is 5.52 Å². The fourth-order valence-corrected chi connectivity index (χ4v) is 2.95. The lowest BCUT2D eigenvalue weighted by Gasteiger charge is -2.01. The summed E-state index contributed by atoms with van der Waals surface area (Å²) < 4.78 is 5.47. The molecular weight excluding hydrogens is 349 g/mol. The van der Waals surface area contributed by atoms with Crippen molar-refractivity contribution >= 4 is 50.0 Å². The van der Waals surface area contributed by atoms with E-state index in [1.54, 1.807) is 12.1 Å². The number of hydrogen-bond acceptors (Lipinski definition) is 2. The number of rotatable bonds is 2. The molecule has 96 valence electrons. The summed E-state index contributed by atoms with van der Waals surface area (Å²) in [5.41, 5.74) is 2.72. The van der Waals surface area contributed by atoms with E-state index in [0.717, 1.165) is 27.4 Å². The highest BCUT2D eigenvalue weighted by molar-refractivity contribution is 9.08. The van der Waals surface area contributed by atoms with Gasteiger partial charge < -0.3 is 4.52 Å². The first-order chi connectivity index (χ1) is 9.20. The number of aromatic nitrogens is 1. The molecule has 5 heteroatoms. The van der Waals surface area contributed by atoms with Crippen molar-refractivity contribution in [3.63, 3.8) is 0 Å². The third-order valence-electron chi connectivity index (χ3n) is 2.91. The Labute approximate surface area is 128 Å². The molecule has 0 atom stereocenters. The molecule has 2 nitrogen and oxygen atoms in total. The minimum atomic E-state index is 0.551. The molecule has 0 spiro atoms. The Morgan fingerprint density at radius 1 is 1.16 bits per heavy atom. The van der Waals surface area contributed by atoms with Crippen LogP contribution in [0.1, 0.15) is 5.56 Å². The van der Waals surface area contributed by atoms with Crippen LogP contribution in [0.4, 0.5) is 0 Å². The van der Waals surface area contributed by atoms with E-state index in [4.69, 9.17) is 27.7 Å². The Morgan fingerprint density at radius 2 is 2.00 bits per heavy atom. The van der Waals surface area contributed by atoms with Crippen LogP contribution in [0.2, 0.25) is 10.0 Å². The molecule has 3 aromatic rings. The highest BCUT2D eigenvalue weighted by Gasteiger charge is 2.15. The van der Waals surface area contributed by atoms with Gasteiger partial charge in [-0.15, -0.1) is 0 Å². The molecule has 19 heavy (non-hydrogen) atoms. The molecule has 0 aliphatic carbocycles. The van der Waals surface area contributed by atoms with Crippen LogP contribution in [0.15, 0.2) is 40.9 Å². The summed E-state index contributed by atoms with van der Waals surface area (Å²) in [4.78, 5) is 0. The minimum absolute atomic E-state index is 0.551. The zero-order valence-electron chi connectivity index (χ0n) is 9.66. The third kappa shape index (κ3) is 2.27. The molecule has 3 rings (SSSR count). The standard InChI is InChI=1S/C14H8BrCl2NO/c15-7-8-2-1-3-11-13(8)18-19-14(11)10-5-4-9(16)6-12(10)17/h1-6H,7H2. The molecule has 0 fully saturated rings. The fraction of sp³-hybridized carbons (Fsp3) is 0.0714. The van der Waals surface area contributed by atoms with Gasteiger partial charge in [0, 0.05) is 15.9 Å². The van der Waals surface area contributed by atoms with Gasteiger partial charge in [-0.3, -0.25) is 0 Å². The van der Waals surface area contributed by atoms with Crippen molar-refractivity contribution in [2.24, 2.45) is 0 Å². The van der Waals surface area contributed by atoms with Crippen LogP contribution < -0.4 is 0 Å². The average Bonchev–Trinajstić information content (AvgIpc) is 2.82. The van der Waals surface area contributed by atoms with Gasteiger partial charge in [0.15, 0.2) is 5.76 Å². The monoisotopic (exact) mass is 355 g/mol. The molecule has 2 aromatic carbocycles. The number of benzene rings is 2. The quantitative estimate of drug-likeness (QED) is 0.550. The zero-order valence-corrected chi connectivity index (χ0v) is 12.8. The van der Waals surface area contributed by atoms with Crippen LogP contribution in [0.3, 0.4) is 0 Å². The highest BCUT2D eigenvalue weighted by atomic mass is 79.9. The second-order valence-corrected chi connectivity index (χ2v) is 5.49. The van der Waals surface area contributed by atoms with Crippen molar-refractivity contribution in [3.8, 4) is 11.3 Å². The van der Waals surface area contributed by atoms with Crippen LogP contribution in [0.25, 0.3) is 22.2 Å². The SMILES string of the molecule is Clc1ccc(-c2onc3c(CBr)cccc23)c(Cl)c1. The molecule has 0 saturated carbocycles. The van der Waals surface area contributed by atoms with Crippen LogP contribution in [-0.4, -0.2) is 5.16 Å². The molecule has 0 bridgehead atoms. The Hall–Kier alpha value is -1.03. The summed E-state index contributed by atoms with van der Waals surface area (Å²) in [7, 11) is 0. The zero-order chi connectivity index (χ0) is 13.4. The first-order valence-electron chi connectivity index (χ1n) is 5.59. The Balaban J connectivity index is 2.26. The van der Waals surface area contributed by atoms with Crippen molar-refractivity contribution in [3.05, 3.63) is 52.0 Å². The molecule has 0 unspecified atom stereocenters. The van der Waals surface area contributed by atoms with E-state index in [2.05, 4.69) is 21.1 Å². The Bertz CT molecular complexity index is 754. The predicted molar refractivity (Wildman–Crippen MR) is 82.1 cm³/mol. The second-order valence-electron chi connectivity index (χ2n) is 4.08. The maximum atomic E-state index is 6.21. The van der Waals surface area contributed by atoms with E-state index in [1.807, 2.05) is 24.3 Å². The summed E-state index contributed by atoms with van der Waals surface area (Å²) in [6.07, 6.45) is 0. The predicted octanol–water partition coefficient (Wildman–Crippen LogP) is 5.70. The van der Waals surface area contributed by atoms with Crippen LogP contribution in [-0.2, 0) is 5.33 Å². The maximum absolute atomic E-state index is 6.21. The van der Waals surface area contributed by atoms with E-state index in [0.29, 0.717) is 15.8 Å². The molecule has 0 aliphatic heterocycles.